The van der Waals surface area contributed by atoms with Crippen LogP contribution >= 0.6 is 0 Å². The van der Waals surface area contributed by atoms with Crippen LogP contribution in [0.4, 0.5) is 5.95 Å². The van der Waals surface area contributed by atoms with E-state index in [2.05, 4.69) is 57.5 Å². The number of hydrogen-bond acceptors (Lipinski definition) is 12. The van der Waals surface area contributed by atoms with Gasteiger partial charge >= 0.3 is 0 Å². The van der Waals surface area contributed by atoms with Gasteiger partial charge in [-0.3, -0.25) is 20.0 Å². The standard InChI is InChI=1S/C31H28N12O2/c1-2-5-22(6-3-1)31(26-21-32-12-13-33-26)42(30-34-14-15-35-30)28(25-8-11-37-39-25)27(23-9-18-45-40-23)29(24-7-4-10-36-38-24)43(31)41-16-19-44-20-17-41/h1-15,18,21,29H,16-17,19-20H2,(H,34,35)(H,37,39). The number of imidazole rings is 1. The number of ether oxygens (including phenoxy) is 1. The summed E-state index contributed by atoms with van der Waals surface area (Å²) in [6, 6.07) is 17.3. The van der Waals surface area contributed by atoms with Gasteiger partial charge in [0.1, 0.15) is 23.7 Å². The van der Waals surface area contributed by atoms with Crippen molar-refractivity contribution in [3.63, 3.8) is 0 Å². The number of nitrogens with one attached hydrogen (secondary N) is 2. The van der Waals surface area contributed by atoms with Gasteiger partial charge in [-0.05, 0) is 18.2 Å². The molecule has 0 spiro atoms. The van der Waals surface area contributed by atoms with Crippen molar-refractivity contribution in [1.29, 1.82) is 0 Å². The Morgan fingerprint density at radius 1 is 0.889 bits per heavy atom. The number of morpholine rings is 1. The molecule has 5 aromatic heterocycles. The van der Waals surface area contributed by atoms with Crippen LogP contribution in [0, 0.1) is 0 Å². The van der Waals surface area contributed by atoms with Crippen LogP contribution in [0.3, 0.4) is 0 Å². The Morgan fingerprint density at radius 2 is 1.80 bits per heavy atom. The van der Waals surface area contributed by atoms with E-state index in [9.17, 15) is 0 Å². The fourth-order valence-electron chi connectivity index (χ4n) is 6.39. The van der Waals surface area contributed by atoms with Crippen molar-refractivity contribution in [2.45, 2.75) is 11.7 Å². The lowest BCUT2D eigenvalue weighted by atomic mass is 9.82. The van der Waals surface area contributed by atoms with Crippen LogP contribution in [0.1, 0.15) is 34.4 Å². The van der Waals surface area contributed by atoms with E-state index in [1.165, 1.54) is 0 Å². The summed E-state index contributed by atoms with van der Waals surface area (Å²) in [5.74, 6) is 0.561. The summed E-state index contributed by atoms with van der Waals surface area (Å²) in [5, 5.41) is 25.8. The molecule has 14 nitrogen and oxygen atoms in total. The molecule has 0 aliphatic carbocycles. The molecule has 2 N–H and O–H groups in total. The second kappa shape index (κ2) is 11.5. The molecule has 224 valence electrons. The predicted molar refractivity (Wildman–Crippen MR) is 161 cm³/mol. The van der Waals surface area contributed by atoms with Crippen LogP contribution in [-0.4, -0.2) is 81.8 Å². The van der Waals surface area contributed by atoms with E-state index in [0.29, 0.717) is 49.3 Å². The summed E-state index contributed by atoms with van der Waals surface area (Å²) in [5.41, 5.74) is 3.96. The Bertz CT molecular complexity index is 1800. The van der Waals surface area contributed by atoms with Crippen LogP contribution in [0.25, 0.3) is 11.3 Å². The van der Waals surface area contributed by atoms with E-state index in [4.69, 9.17) is 24.3 Å². The van der Waals surface area contributed by atoms with Gasteiger partial charge in [0.2, 0.25) is 5.95 Å². The normalized spacial score (nSPS) is 21.3. The zero-order valence-corrected chi connectivity index (χ0v) is 24.0. The van der Waals surface area contributed by atoms with Gasteiger partial charge in [0, 0.05) is 67.5 Å². The molecular formula is C31H28N12O2. The maximum Gasteiger partial charge on any atom is 0.209 e. The largest absolute Gasteiger partial charge is 0.379 e. The molecule has 0 amide bonds. The first-order chi connectivity index (χ1) is 22.4. The molecule has 45 heavy (non-hydrogen) atoms. The first kappa shape index (κ1) is 27.0. The third-order valence-corrected chi connectivity index (χ3v) is 8.08. The van der Waals surface area contributed by atoms with Crippen LogP contribution < -0.4 is 4.90 Å². The fourth-order valence-corrected chi connectivity index (χ4v) is 6.39. The molecule has 0 bridgehead atoms. The maximum absolute atomic E-state index is 5.88. The second-order valence-corrected chi connectivity index (χ2v) is 10.5. The smallest absolute Gasteiger partial charge is 0.209 e. The minimum absolute atomic E-state index is 0.534. The lowest BCUT2D eigenvalue weighted by molar-refractivity contribution is -0.157. The molecule has 2 atom stereocenters. The van der Waals surface area contributed by atoms with Gasteiger partial charge in [-0.15, -0.1) is 0 Å². The Kier molecular flexibility index (Phi) is 6.90. The Morgan fingerprint density at radius 3 is 2.49 bits per heavy atom. The van der Waals surface area contributed by atoms with Gasteiger partial charge in [0.25, 0.3) is 0 Å². The molecule has 8 rings (SSSR count). The van der Waals surface area contributed by atoms with Crippen molar-refractivity contribution in [2.24, 2.45) is 0 Å². The Balaban J connectivity index is 1.60. The van der Waals surface area contributed by atoms with Crippen molar-refractivity contribution >= 4 is 17.2 Å². The van der Waals surface area contributed by atoms with Gasteiger partial charge in [-0.25, -0.2) is 9.99 Å². The van der Waals surface area contributed by atoms with Crippen LogP contribution in [-0.2, 0) is 10.4 Å². The third kappa shape index (κ3) is 4.42. The number of benzene rings is 1. The third-order valence-electron chi connectivity index (χ3n) is 8.08. The molecule has 6 aromatic rings. The minimum atomic E-state index is -1.19. The molecule has 1 saturated heterocycles. The molecule has 0 saturated carbocycles. The lowest BCUT2D eigenvalue weighted by Crippen LogP contribution is -2.69. The highest BCUT2D eigenvalue weighted by molar-refractivity contribution is 5.99. The zero-order valence-electron chi connectivity index (χ0n) is 24.0. The fraction of sp³-hybridized carbons (Fsp3) is 0.194. The molecular weight excluding hydrogens is 572 g/mol. The molecule has 2 aliphatic rings. The lowest BCUT2D eigenvalue weighted by Gasteiger charge is -2.60. The molecule has 0 radical (unpaired) electrons. The highest BCUT2D eigenvalue weighted by Crippen LogP contribution is 2.57. The molecule has 7 heterocycles. The maximum atomic E-state index is 5.88. The topological polar surface area (TPSA) is 154 Å². The van der Waals surface area contributed by atoms with Crippen molar-refractivity contribution in [2.75, 3.05) is 31.2 Å². The van der Waals surface area contributed by atoms with Gasteiger partial charge < -0.3 is 14.2 Å². The highest BCUT2D eigenvalue weighted by atomic mass is 16.5. The zero-order chi connectivity index (χ0) is 30.1. The van der Waals surface area contributed by atoms with E-state index in [1.54, 1.807) is 49.6 Å². The van der Waals surface area contributed by atoms with Gasteiger partial charge in [-0.2, -0.15) is 20.3 Å². The van der Waals surface area contributed by atoms with Crippen molar-refractivity contribution in [3.05, 3.63) is 133 Å². The summed E-state index contributed by atoms with van der Waals surface area (Å²) >= 11 is 0. The summed E-state index contributed by atoms with van der Waals surface area (Å²) in [6.45, 7) is 2.27. The van der Waals surface area contributed by atoms with Crippen LogP contribution in [0.2, 0.25) is 0 Å². The summed E-state index contributed by atoms with van der Waals surface area (Å²) in [6.07, 6.45) is 13.7. The predicted octanol–water partition coefficient (Wildman–Crippen LogP) is 3.28. The number of hydrazine groups is 1. The molecule has 2 unspecified atom stereocenters. The van der Waals surface area contributed by atoms with E-state index in [-0.39, 0.29) is 0 Å². The number of H-pyrrole nitrogens is 2. The van der Waals surface area contributed by atoms with Crippen LogP contribution in [0.15, 0.2) is 109 Å². The van der Waals surface area contributed by atoms with E-state index >= 15 is 0 Å². The number of hydrogen-bond donors (Lipinski definition) is 2. The molecule has 14 heteroatoms. The minimum Gasteiger partial charge on any atom is -0.379 e. The number of rotatable bonds is 7. The highest BCUT2D eigenvalue weighted by Gasteiger charge is 2.60. The Labute approximate surface area is 257 Å². The number of anilines is 1. The second-order valence-electron chi connectivity index (χ2n) is 10.5. The molecule has 2 aliphatic heterocycles. The summed E-state index contributed by atoms with van der Waals surface area (Å²) in [4.78, 5) is 20.0. The van der Waals surface area contributed by atoms with Gasteiger partial charge in [-0.1, -0.05) is 35.5 Å². The average molecular weight is 601 g/mol. The van der Waals surface area contributed by atoms with Gasteiger partial charge in [0.15, 0.2) is 5.66 Å². The van der Waals surface area contributed by atoms with E-state index in [0.717, 1.165) is 22.5 Å². The Hall–Kier alpha value is -5.57. The van der Waals surface area contributed by atoms with Crippen LogP contribution in [0.5, 0.6) is 0 Å². The SMILES string of the molecule is c1ccc(C2(c3cnccn3)N(c3ncc[nH]3)C(c3ccn[nH]3)=C(c3ccon3)C(c3cccnn3)N2N2CCOCC2)cc1. The monoisotopic (exact) mass is 600 g/mol. The number of nitrogens with zero attached hydrogens (tertiary/aromatic N) is 10. The first-order valence-electron chi connectivity index (χ1n) is 14.5. The van der Waals surface area contributed by atoms with Crippen molar-refractivity contribution in [1.82, 2.24) is 55.5 Å². The van der Waals surface area contributed by atoms with E-state index < -0.39 is 11.7 Å². The quantitative estimate of drug-likeness (QED) is 0.276. The van der Waals surface area contributed by atoms with Crippen molar-refractivity contribution < 1.29 is 9.26 Å². The molecule has 1 aromatic carbocycles. The summed E-state index contributed by atoms with van der Waals surface area (Å²) in [7, 11) is 0. The first-order valence-corrected chi connectivity index (χ1v) is 14.5. The number of aromatic nitrogens is 9. The summed E-state index contributed by atoms with van der Waals surface area (Å²) < 4.78 is 11.4. The number of aromatic amines is 2. The van der Waals surface area contributed by atoms with Crippen molar-refractivity contribution in [3.8, 4) is 0 Å². The van der Waals surface area contributed by atoms with Gasteiger partial charge in [0.05, 0.1) is 36.5 Å². The van der Waals surface area contributed by atoms with E-state index in [1.807, 2.05) is 42.5 Å². The molecule has 1 fully saturated rings. The average Bonchev–Trinajstić information content (AvgIpc) is 3.93.